The summed E-state index contributed by atoms with van der Waals surface area (Å²) < 4.78 is 13.6. The van der Waals surface area contributed by atoms with Crippen LogP contribution in [-0.4, -0.2) is 11.0 Å². The highest BCUT2D eigenvalue weighted by Gasteiger charge is 2.20. The molecule has 104 valence electrons. The molecule has 0 radical (unpaired) electrons. The summed E-state index contributed by atoms with van der Waals surface area (Å²) in [5, 5.41) is 14.2. The van der Waals surface area contributed by atoms with E-state index in [0.29, 0.717) is 5.69 Å². The van der Waals surface area contributed by atoms with Gasteiger partial charge in [0.25, 0.3) is 5.69 Å². The van der Waals surface area contributed by atoms with Gasteiger partial charge in [0, 0.05) is 6.04 Å². The third-order valence-corrected chi connectivity index (χ3v) is 4.06. The normalized spacial score (nSPS) is 16.9. The molecule has 1 N–H and O–H groups in total. The van der Waals surface area contributed by atoms with E-state index in [1.54, 1.807) is 0 Å². The van der Waals surface area contributed by atoms with Gasteiger partial charge in [-0.15, -0.1) is 0 Å². The maximum atomic E-state index is 13.4. The van der Waals surface area contributed by atoms with Gasteiger partial charge in [-0.3, -0.25) is 10.1 Å². The molecule has 0 unspecified atom stereocenters. The molecule has 6 heteroatoms. The Hall–Kier alpha value is -1.17. The summed E-state index contributed by atoms with van der Waals surface area (Å²) in [6.07, 6.45) is 6.71. The summed E-state index contributed by atoms with van der Waals surface area (Å²) in [4.78, 5) is 10.4. The Morgan fingerprint density at radius 2 is 1.89 bits per heavy atom. The van der Waals surface area contributed by atoms with Crippen LogP contribution >= 0.6 is 15.9 Å². The van der Waals surface area contributed by atoms with Gasteiger partial charge in [-0.05, 0) is 34.8 Å². The van der Waals surface area contributed by atoms with Crippen molar-refractivity contribution in [1.82, 2.24) is 0 Å². The van der Waals surface area contributed by atoms with E-state index in [2.05, 4.69) is 21.2 Å². The standard InChI is InChI=1S/C13H16BrFN2O2/c14-10-7-12(13(17(18)19)8-11(10)15)16-9-5-3-1-2-4-6-9/h7-9,16H,1-6H2. The molecule has 19 heavy (non-hydrogen) atoms. The molecule has 1 aliphatic rings. The van der Waals surface area contributed by atoms with E-state index < -0.39 is 10.7 Å². The van der Waals surface area contributed by atoms with Gasteiger partial charge in [-0.2, -0.15) is 0 Å². The van der Waals surface area contributed by atoms with Gasteiger partial charge in [0.05, 0.1) is 15.5 Å². The molecule has 1 aromatic rings. The number of hydrogen-bond donors (Lipinski definition) is 1. The highest BCUT2D eigenvalue weighted by atomic mass is 79.9. The fourth-order valence-corrected chi connectivity index (χ4v) is 2.79. The Labute approximate surface area is 119 Å². The second-order valence-electron chi connectivity index (χ2n) is 4.87. The van der Waals surface area contributed by atoms with Crippen molar-refractivity contribution in [3.05, 3.63) is 32.5 Å². The predicted octanol–water partition coefficient (Wildman–Crippen LogP) is 4.63. The zero-order valence-electron chi connectivity index (χ0n) is 10.5. The summed E-state index contributed by atoms with van der Waals surface area (Å²) >= 11 is 3.07. The first-order valence-corrected chi connectivity index (χ1v) is 7.27. The molecule has 1 saturated carbocycles. The highest BCUT2D eigenvalue weighted by Crippen LogP contribution is 2.32. The topological polar surface area (TPSA) is 55.2 Å². The lowest BCUT2D eigenvalue weighted by Crippen LogP contribution is -2.19. The summed E-state index contributed by atoms with van der Waals surface area (Å²) in [5.74, 6) is -0.613. The number of nitro groups is 1. The van der Waals surface area contributed by atoms with Crippen LogP contribution in [-0.2, 0) is 0 Å². The second kappa shape index (κ2) is 6.32. The van der Waals surface area contributed by atoms with Crippen LogP contribution in [0.4, 0.5) is 15.8 Å². The van der Waals surface area contributed by atoms with Gasteiger partial charge >= 0.3 is 0 Å². The number of hydrogen-bond acceptors (Lipinski definition) is 3. The maximum absolute atomic E-state index is 13.4. The first kappa shape index (κ1) is 14.2. The van der Waals surface area contributed by atoms with Crippen molar-refractivity contribution in [2.24, 2.45) is 0 Å². The van der Waals surface area contributed by atoms with E-state index in [9.17, 15) is 14.5 Å². The Balaban J connectivity index is 2.22. The number of nitrogens with zero attached hydrogens (tertiary/aromatic N) is 1. The second-order valence-corrected chi connectivity index (χ2v) is 5.73. The number of anilines is 1. The van der Waals surface area contributed by atoms with Crippen molar-refractivity contribution < 1.29 is 9.31 Å². The zero-order valence-corrected chi connectivity index (χ0v) is 12.1. The van der Waals surface area contributed by atoms with Crippen molar-refractivity contribution in [3.63, 3.8) is 0 Å². The first-order valence-electron chi connectivity index (χ1n) is 6.48. The largest absolute Gasteiger partial charge is 0.377 e. The molecule has 0 saturated heterocycles. The van der Waals surface area contributed by atoms with Gasteiger partial charge in [0.2, 0.25) is 0 Å². The van der Waals surface area contributed by atoms with E-state index in [-0.39, 0.29) is 16.2 Å². The van der Waals surface area contributed by atoms with Crippen molar-refractivity contribution in [1.29, 1.82) is 0 Å². The van der Waals surface area contributed by atoms with Crippen LogP contribution in [0.1, 0.15) is 38.5 Å². The Kier molecular flexibility index (Phi) is 4.74. The smallest absolute Gasteiger partial charge is 0.295 e. The van der Waals surface area contributed by atoms with Gasteiger partial charge in [0.15, 0.2) is 0 Å². The minimum Gasteiger partial charge on any atom is -0.377 e. The molecule has 0 amide bonds. The highest BCUT2D eigenvalue weighted by molar-refractivity contribution is 9.10. The molecule has 2 rings (SSSR count). The molecular weight excluding hydrogens is 315 g/mol. The number of nitrogens with one attached hydrogen (secondary N) is 1. The number of nitro benzene ring substituents is 1. The molecule has 0 spiro atoms. The SMILES string of the molecule is O=[N+]([O-])c1cc(F)c(Br)cc1NC1CCCCCC1. The lowest BCUT2D eigenvalue weighted by atomic mass is 10.1. The van der Waals surface area contributed by atoms with E-state index in [0.717, 1.165) is 31.7 Å². The predicted molar refractivity (Wildman–Crippen MR) is 75.9 cm³/mol. The fourth-order valence-electron chi connectivity index (χ4n) is 2.45. The van der Waals surface area contributed by atoms with E-state index in [1.165, 1.54) is 18.9 Å². The third kappa shape index (κ3) is 3.65. The minimum absolute atomic E-state index is 0.204. The molecule has 1 aromatic carbocycles. The summed E-state index contributed by atoms with van der Waals surface area (Å²) in [6, 6.07) is 2.65. The molecule has 0 aliphatic heterocycles. The van der Waals surface area contributed by atoms with Crippen LogP contribution < -0.4 is 5.32 Å². The first-order chi connectivity index (χ1) is 9.08. The van der Waals surface area contributed by atoms with E-state index in [4.69, 9.17) is 0 Å². The van der Waals surface area contributed by atoms with Crippen molar-refractivity contribution in [2.45, 2.75) is 44.6 Å². The van der Waals surface area contributed by atoms with E-state index in [1.807, 2.05) is 0 Å². The lowest BCUT2D eigenvalue weighted by molar-refractivity contribution is -0.384. The number of halogens is 2. The average molecular weight is 331 g/mol. The summed E-state index contributed by atoms with van der Waals surface area (Å²) in [7, 11) is 0. The number of benzene rings is 1. The number of rotatable bonds is 3. The van der Waals surface area contributed by atoms with Crippen molar-refractivity contribution >= 4 is 27.3 Å². The van der Waals surface area contributed by atoms with Crippen LogP contribution in [0, 0.1) is 15.9 Å². The maximum Gasteiger partial charge on any atom is 0.295 e. The third-order valence-electron chi connectivity index (χ3n) is 3.45. The molecule has 1 aliphatic carbocycles. The molecule has 0 heterocycles. The molecule has 0 atom stereocenters. The quantitative estimate of drug-likeness (QED) is 0.499. The Bertz CT molecular complexity index is 474. The monoisotopic (exact) mass is 330 g/mol. The minimum atomic E-state index is -0.613. The lowest BCUT2D eigenvalue weighted by Gasteiger charge is -2.17. The molecular formula is C13H16BrFN2O2. The average Bonchev–Trinajstić information content (AvgIpc) is 2.62. The fraction of sp³-hybridized carbons (Fsp3) is 0.538. The van der Waals surface area contributed by atoms with Crippen molar-refractivity contribution in [2.75, 3.05) is 5.32 Å². The van der Waals surface area contributed by atoms with Gasteiger partial charge in [-0.1, -0.05) is 25.7 Å². The van der Waals surface area contributed by atoms with Crippen LogP contribution in [0.15, 0.2) is 16.6 Å². The van der Waals surface area contributed by atoms with Gasteiger partial charge in [-0.25, -0.2) is 4.39 Å². The summed E-state index contributed by atoms with van der Waals surface area (Å²) in [6.45, 7) is 0. The van der Waals surface area contributed by atoms with Gasteiger partial charge in [0.1, 0.15) is 11.5 Å². The summed E-state index contributed by atoms with van der Waals surface area (Å²) in [5.41, 5.74) is 0.190. The van der Waals surface area contributed by atoms with Crippen LogP contribution in [0.5, 0.6) is 0 Å². The molecule has 1 fully saturated rings. The zero-order chi connectivity index (χ0) is 13.8. The molecule has 0 aromatic heterocycles. The molecule has 4 nitrogen and oxygen atoms in total. The van der Waals surface area contributed by atoms with Crippen LogP contribution in [0.3, 0.4) is 0 Å². The Morgan fingerprint density at radius 1 is 1.26 bits per heavy atom. The van der Waals surface area contributed by atoms with Gasteiger partial charge < -0.3 is 5.32 Å². The van der Waals surface area contributed by atoms with E-state index >= 15 is 0 Å². The molecule has 0 bridgehead atoms. The van der Waals surface area contributed by atoms with Crippen molar-refractivity contribution in [3.8, 4) is 0 Å². The van der Waals surface area contributed by atoms with Crippen LogP contribution in [0.2, 0.25) is 0 Å². The van der Waals surface area contributed by atoms with Crippen LogP contribution in [0.25, 0.3) is 0 Å². The Morgan fingerprint density at radius 3 is 2.47 bits per heavy atom.